The number of carbonyl (C=O) groups excluding carboxylic acids is 1. The van der Waals surface area contributed by atoms with Crippen LogP contribution in [0.3, 0.4) is 0 Å². The monoisotopic (exact) mass is 371 g/mol. The lowest BCUT2D eigenvalue weighted by atomic mass is 10.1. The zero-order valence-corrected chi connectivity index (χ0v) is 14.2. The fourth-order valence-electron chi connectivity index (χ4n) is 2.55. The van der Waals surface area contributed by atoms with Gasteiger partial charge in [0, 0.05) is 10.4 Å². The van der Waals surface area contributed by atoms with Gasteiger partial charge < -0.3 is 5.11 Å². The lowest BCUT2D eigenvalue weighted by Gasteiger charge is -2.11. The third-order valence-electron chi connectivity index (χ3n) is 3.71. The van der Waals surface area contributed by atoms with E-state index in [1.54, 1.807) is 48.5 Å². The molecule has 0 atom stereocenters. The second-order valence-electron chi connectivity index (χ2n) is 5.62. The summed E-state index contributed by atoms with van der Waals surface area (Å²) >= 11 is 5.81. The van der Waals surface area contributed by atoms with Crippen LogP contribution >= 0.6 is 11.6 Å². The summed E-state index contributed by atoms with van der Waals surface area (Å²) in [5, 5.41) is 14.4. The Hall–Kier alpha value is -3.19. The molecular formula is C18H14ClN3O4. The van der Waals surface area contributed by atoms with E-state index in [2.05, 4.69) is 10.5 Å². The normalized spacial score (nSPS) is 10.7. The van der Waals surface area contributed by atoms with E-state index in [1.165, 1.54) is 0 Å². The minimum absolute atomic E-state index is 0.0202. The standard InChI is InChI=1S/C18H14ClN3O4/c19-12-7-5-11(6-8-12)9-16(23)21-22-18(26)14-4-2-1-3-13(14)15(20-22)10-17(24)25/h1-8H,9-10H2,(H,21,23)(H,24,25). The van der Waals surface area contributed by atoms with E-state index >= 15 is 0 Å². The Morgan fingerprint density at radius 1 is 1.04 bits per heavy atom. The van der Waals surface area contributed by atoms with Crippen LogP contribution in [0.15, 0.2) is 53.3 Å². The minimum atomic E-state index is -1.08. The van der Waals surface area contributed by atoms with Gasteiger partial charge in [0.2, 0.25) is 5.91 Å². The Balaban J connectivity index is 1.92. The van der Waals surface area contributed by atoms with Gasteiger partial charge in [-0.2, -0.15) is 5.10 Å². The van der Waals surface area contributed by atoms with Crippen molar-refractivity contribution in [2.45, 2.75) is 12.8 Å². The van der Waals surface area contributed by atoms with E-state index in [0.29, 0.717) is 16.0 Å². The molecule has 0 saturated heterocycles. The zero-order chi connectivity index (χ0) is 18.7. The Kier molecular flexibility index (Phi) is 4.99. The molecule has 1 aromatic heterocycles. The molecule has 2 N–H and O–H groups in total. The molecule has 1 heterocycles. The zero-order valence-electron chi connectivity index (χ0n) is 13.5. The van der Waals surface area contributed by atoms with E-state index in [4.69, 9.17) is 16.7 Å². The van der Waals surface area contributed by atoms with Crippen molar-refractivity contribution >= 4 is 34.2 Å². The van der Waals surface area contributed by atoms with Gasteiger partial charge in [-0.25, -0.2) is 5.43 Å². The highest BCUT2D eigenvalue weighted by atomic mass is 35.5. The molecule has 0 aliphatic rings. The molecule has 8 heteroatoms. The third-order valence-corrected chi connectivity index (χ3v) is 3.96. The van der Waals surface area contributed by atoms with E-state index in [0.717, 1.165) is 4.79 Å². The smallest absolute Gasteiger partial charge is 0.309 e. The molecule has 1 amide bonds. The topological polar surface area (TPSA) is 101 Å². The summed E-state index contributed by atoms with van der Waals surface area (Å²) in [7, 11) is 0. The summed E-state index contributed by atoms with van der Waals surface area (Å²) in [4.78, 5) is 36.6. The van der Waals surface area contributed by atoms with Crippen molar-refractivity contribution in [1.82, 2.24) is 9.89 Å². The number of carboxylic acid groups (broad SMARTS) is 1. The predicted octanol–water partition coefficient (Wildman–Crippen LogP) is 1.99. The highest BCUT2D eigenvalue weighted by Crippen LogP contribution is 2.14. The highest BCUT2D eigenvalue weighted by Gasteiger charge is 2.14. The fraction of sp³-hybridized carbons (Fsp3) is 0.111. The number of carboxylic acids is 1. The first-order chi connectivity index (χ1) is 12.4. The number of rotatable bonds is 5. The van der Waals surface area contributed by atoms with Crippen molar-refractivity contribution in [3.63, 3.8) is 0 Å². The number of benzene rings is 2. The lowest BCUT2D eigenvalue weighted by Crippen LogP contribution is -2.37. The van der Waals surface area contributed by atoms with Gasteiger partial charge in [-0.15, -0.1) is 4.79 Å². The maximum atomic E-state index is 12.5. The van der Waals surface area contributed by atoms with Crippen LogP contribution in [0.25, 0.3) is 10.8 Å². The number of amides is 1. The summed E-state index contributed by atoms with van der Waals surface area (Å²) in [6, 6.07) is 13.3. The summed E-state index contributed by atoms with van der Waals surface area (Å²) < 4.78 is 0. The van der Waals surface area contributed by atoms with Crippen LogP contribution in [0.2, 0.25) is 5.02 Å². The Labute approximate surface area is 152 Å². The fourth-order valence-corrected chi connectivity index (χ4v) is 2.68. The summed E-state index contributed by atoms with van der Waals surface area (Å²) in [5.41, 5.74) is 2.79. The number of aliphatic carboxylic acids is 1. The van der Waals surface area contributed by atoms with Crippen LogP contribution in [0.1, 0.15) is 11.3 Å². The van der Waals surface area contributed by atoms with Crippen LogP contribution < -0.4 is 11.0 Å². The molecule has 3 aromatic rings. The second kappa shape index (κ2) is 7.37. The van der Waals surface area contributed by atoms with Gasteiger partial charge in [-0.1, -0.05) is 41.9 Å². The molecular weight excluding hydrogens is 358 g/mol. The van der Waals surface area contributed by atoms with Crippen LogP contribution in [-0.4, -0.2) is 26.9 Å². The number of nitrogens with zero attached hydrogens (tertiary/aromatic N) is 2. The Bertz CT molecular complexity index is 1040. The van der Waals surface area contributed by atoms with Gasteiger partial charge in [-0.3, -0.25) is 14.4 Å². The van der Waals surface area contributed by atoms with Crippen molar-refractivity contribution in [1.29, 1.82) is 0 Å². The second-order valence-corrected chi connectivity index (χ2v) is 6.05. The molecule has 0 saturated carbocycles. The minimum Gasteiger partial charge on any atom is -0.481 e. The SMILES string of the molecule is O=C(O)Cc1nn(NC(=O)Cc2ccc(Cl)cc2)c(=O)c2ccccc12. The number of nitrogens with one attached hydrogen (secondary N) is 1. The molecule has 0 spiro atoms. The van der Waals surface area contributed by atoms with Gasteiger partial charge in [0.1, 0.15) is 0 Å². The highest BCUT2D eigenvalue weighted by molar-refractivity contribution is 6.30. The number of hydrogen-bond acceptors (Lipinski definition) is 4. The van der Waals surface area contributed by atoms with E-state index in [-0.39, 0.29) is 23.9 Å². The van der Waals surface area contributed by atoms with Crippen molar-refractivity contribution < 1.29 is 14.7 Å². The van der Waals surface area contributed by atoms with E-state index < -0.39 is 17.4 Å². The van der Waals surface area contributed by atoms with Crippen LogP contribution in [0.5, 0.6) is 0 Å². The number of carbonyl (C=O) groups is 2. The quantitative estimate of drug-likeness (QED) is 0.714. The molecule has 0 aliphatic carbocycles. The average Bonchev–Trinajstić information content (AvgIpc) is 2.60. The molecule has 0 bridgehead atoms. The molecule has 0 unspecified atom stereocenters. The van der Waals surface area contributed by atoms with E-state index in [1.807, 2.05) is 0 Å². The van der Waals surface area contributed by atoms with Crippen molar-refractivity contribution in [2.24, 2.45) is 0 Å². The van der Waals surface area contributed by atoms with Crippen molar-refractivity contribution in [2.75, 3.05) is 5.43 Å². The van der Waals surface area contributed by atoms with Crippen LogP contribution in [-0.2, 0) is 22.4 Å². The van der Waals surface area contributed by atoms with Crippen molar-refractivity contribution in [3.05, 3.63) is 75.2 Å². The largest absolute Gasteiger partial charge is 0.481 e. The summed E-state index contributed by atoms with van der Waals surface area (Å²) in [6.45, 7) is 0. The molecule has 132 valence electrons. The first-order valence-corrected chi connectivity index (χ1v) is 8.09. The third kappa shape index (κ3) is 3.89. The molecule has 0 aliphatic heterocycles. The van der Waals surface area contributed by atoms with Gasteiger partial charge >= 0.3 is 5.97 Å². The van der Waals surface area contributed by atoms with Gasteiger partial charge in [0.05, 0.1) is 23.9 Å². The van der Waals surface area contributed by atoms with E-state index in [9.17, 15) is 14.4 Å². The molecule has 0 fully saturated rings. The molecule has 26 heavy (non-hydrogen) atoms. The number of aromatic nitrogens is 2. The lowest BCUT2D eigenvalue weighted by molar-refractivity contribution is -0.136. The van der Waals surface area contributed by atoms with Gasteiger partial charge in [-0.05, 0) is 23.8 Å². The predicted molar refractivity (Wildman–Crippen MR) is 96.9 cm³/mol. The maximum Gasteiger partial charge on any atom is 0.309 e. The molecule has 2 aromatic carbocycles. The summed E-state index contributed by atoms with van der Waals surface area (Å²) in [5.74, 6) is -1.54. The number of fused-ring (bicyclic) bond motifs is 1. The molecule has 3 rings (SSSR count). The Morgan fingerprint density at radius 3 is 2.35 bits per heavy atom. The van der Waals surface area contributed by atoms with Crippen molar-refractivity contribution in [3.8, 4) is 0 Å². The van der Waals surface area contributed by atoms with Gasteiger partial charge in [0.15, 0.2) is 0 Å². The molecule has 7 nitrogen and oxygen atoms in total. The Morgan fingerprint density at radius 2 is 1.69 bits per heavy atom. The molecule has 0 radical (unpaired) electrons. The first kappa shape index (κ1) is 17.6. The summed E-state index contributed by atoms with van der Waals surface area (Å²) in [6.07, 6.45) is -0.347. The van der Waals surface area contributed by atoms with Crippen LogP contribution in [0, 0.1) is 0 Å². The first-order valence-electron chi connectivity index (χ1n) is 7.71. The number of halogens is 1. The van der Waals surface area contributed by atoms with Gasteiger partial charge in [0.25, 0.3) is 5.56 Å². The van der Waals surface area contributed by atoms with Crippen LogP contribution in [0.4, 0.5) is 0 Å². The maximum absolute atomic E-state index is 12.5. The number of hydrogen-bond donors (Lipinski definition) is 2. The average molecular weight is 372 g/mol.